The molecule has 1 aromatic heterocycles. The molecule has 0 atom stereocenters. The Labute approximate surface area is 140 Å². The summed E-state index contributed by atoms with van der Waals surface area (Å²) in [6.45, 7) is 0.844. The molecule has 1 heterocycles. The number of benzene rings is 2. The van der Waals surface area contributed by atoms with Crippen molar-refractivity contribution in [3.63, 3.8) is 0 Å². The van der Waals surface area contributed by atoms with E-state index in [0.717, 1.165) is 22.4 Å². The van der Waals surface area contributed by atoms with Gasteiger partial charge in [-0.15, -0.1) is 0 Å². The molecule has 0 radical (unpaired) electrons. The van der Waals surface area contributed by atoms with Gasteiger partial charge in [0.1, 0.15) is 18.1 Å². The van der Waals surface area contributed by atoms with Crippen LogP contribution in [0.4, 0.5) is 0 Å². The third-order valence-electron chi connectivity index (χ3n) is 3.86. The highest BCUT2D eigenvalue weighted by atomic mass is 16.5. The van der Waals surface area contributed by atoms with Crippen molar-refractivity contribution in [2.24, 2.45) is 7.05 Å². The number of carbonyl (C=O) groups excluding carboxylic acids is 1. The zero-order valence-electron chi connectivity index (χ0n) is 13.8. The summed E-state index contributed by atoms with van der Waals surface area (Å²) in [4.78, 5) is 12.4. The minimum atomic E-state index is -0.0925. The first-order valence-corrected chi connectivity index (χ1v) is 7.78. The lowest BCUT2D eigenvalue weighted by Gasteiger charge is -2.08. The number of amides is 1. The van der Waals surface area contributed by atoms with E-state index in [4.69, 9.17) is 9.47 Å². The fourth-order valence-corrected chi connectivity index (χ4v) is 2.62. The maximum absolute atomic E-state index is 12.4. The highest BCUT2D eigenvalue weighted by Gasteiger charge is 2.12. The summed E-state index contributed by atoms with van der Waals surface area (Å²) in [5, 5.41) is 3.85. The van der Waals surface area contributed by atoms with Gasteiger partial charge in [0.2, 0.25) is 0 Å². The predicted octanol–water partition coefficient (Wildman–Crippen LogP) is 3.00. The van der Waals surface area contributed by atoms with E-state index in [1.807, 2.05) is 66.3 Å². The number of hydrogen-bond donors (Lipinski definition) is 1. The number of aryl methyl sites for hydroxylation is 1. The average Bonchev–Trinajstić information content (AvgIpc) is 2.96. The summed E-state index contributed by atoms with van der Waals surface area (Å²) in [7, 11) is 3.56. The number of carbonyl (C=O) groups is 1. The molecule has 0 spiro atoms. The van der Waals surface area contributed by atoms with Gasteiger partial charge in [-0.2, -0.15) is 0 Å². The maximum Gasteiger partial charge on any atom is 0.253 e. The van der Waals surface area contributed by atoms with E-state index >= 15 is 0 Å². The lowest BCUT2D eigenvalue weighted by Crippen LogP contribution is -2.27. The molecule has 0 aliphatic rings. The zero-order valence-corrected chi connectivity index (χ0v) is 13.8. The maximum atomic E-state index is 12.4. The van der Waals surface area contributed by atoms with Gasteiger partial charge in [0.15, 0.2) is 0 Å². The Morgan fingerprint density at radius 3 is 2.54 bits per heavy atom. The quantitative estimate of drug-likeness (QED) is 0.709. The molecule has 0 aliphatic carbocycles. The number of aromatic nitrogens is 1. The molecule has 0 saturated carbocycles. The molecule has 5 heteroatoms. The van der Waals surface area contributed by atoms with Gasteiger partial charge in [0.05, 0.1) is 19.2 Å². The minimum absolute atomic E-state index is 0.0925. The van der Waals surface area contributed by atoms with E-state index in [2.05, 4.69) is 5.32 Å². The second-order valence-electron chi connectivity index (χ2n) is 5.45. The smallest absolute Gasteiger partial charge is 0.253 e. The third-order valence-corrected chi connectivity index (χ3v) is 3.86. The summed E-state index contributed by atoms with van der Waals surface area (Å²) in [6, 6.07) is 15.2. The molecule has 0 bridgehead atoms. The van der Waals surface area contributed by atoms with Crippen LogP contribution < -0.4 is 14.8 Å². The minimum Gasteiger partial charge on any atom is -0.497 e. The summed E-state index contributed by atoms with van der Waals surface area (Å²) in [5.74, 6) is 1.44. The van der Waals surface area contributed by atoms with E-state index < -0.39 is 0 Å². The van der Waals surface area contributed by atoms with Gasteiger partial charge in [-0.1, -0.05) is 18.2 Å². The number of nitrogens with zero attached hydrogens (tertiary/aromatic N) is 1. The van der Waals surface area contributed by atoms with Crippen LogP contribution in [0.3, 0.4) is 0 Å². The van der Waals surface area contributed by atoms with Gasteiger partial charge >= 0.3 is 0 Å². The van der Waals surface area contributed by atoms with Crippen LogP contribution in [-0.4, -0.2) is 30.7 Å². The molecule has 5 nitrogen and oxygen atoms in total. The lowest BCUT2D eigenvalue weighted by molar-refractivity contribution is 0.0948. The monoisotopic (exact) mass is 324 g/mol. The zero-order chi connectivity index (χ0) is 16.9. The summed E-state index contributed by atoms with van der Waals surface area (Å²) in [6.07, 6.45) is 1.85. The predicted molar refractivity (Wildman–Crippen MR) is 93.7 cm³/mol. The Morgan fingerprint density at radius 1 is 1.08 bits per heavy atom. The number of methoxy groups -OCH3 is 1. The van der Waals surface area contributed by atoms with Gasteiger partial charge in [-0.05, 0) is 30.3 Å². The molecule has 3 aromatic rings. The Kier molecular flexibility index (Phi) is 4.70. The Hall–Kier alpha value is -2.95. The van der Waals surface area contributed by atoms with Crippen molar-refractivity contribution in [1.29, 1.82) is 0 Å². The van der Waals surface area contributed by atoms with Crippen LogP contribution in [0, 0.1) is 0 Å². The van der Waals surface area contributed by atoms with E-state index in [0.29, 0.717) is 18.7 Å². The van der Waals surface area contributed by atoms with Crippen LogP contribution in [0.2, 0.25) is 0 Å². The van der Waals surface area contributed by atoms with Crippen LogP contribution in [0.25, 0.3) is 10.9 Å². The second-order valence-corrected chi connectivity index (χ2v) is 5.45. The Morgan fingerprint density at radius 2 is 1.79 bits per heavy atom. The van der Waals surface area contributed by atoms with Crippen LogP contribution in [0.1, 0.15) is 10.4 Å². The van der Waals surface area contributed by atoms with E-state index in [1.165, 1.54) is 0 Å². The average molecular weight is 324 g/mol. The van der Waals surface area contributed by atoms with Crippen LogP contribution in [0.5, 0.6) is 11.5 Å². The first-order chi connectivity index (χ1) is 11.7. The molecule has 24 heavy (non-hydrogen) atoms. The van der Waals surface area contributed by atoms with E-state index in [1.54, 1.807) is 7.11 Å². The molecule has 0 saturated heterocycles. The number of nitrogens with one attached hydrogen (secondary N) is 1. The van der Waals surface area contributed by atoms with Crippen molar-refractivity contribution >= 4 is 16.8 Å². The molecule has 3 rings (SSSR count). The van der Waals surface area contributed by atoms with Crippen molar-refractivity contribution in [2.45, 2.75) is 0 Å². The summed E-state index contributed by atoms with van der Waals surface area (Å²) >= 11 is 0. The lowest BCUT2D eigenvalue weighted by atomic mass is 10.1. The molecule has 0 fully saturated rings. The van der Waals surface area contributed by atoms with Gasteiger partial charge in [-0.25, -0.2) is 0 Å². The third kappa shape index (κ3) is 3.35. The molecule has 2 aromatic carbocycles. The summed E-state index contributed by atoms with van der Waals surface area (Å²) < 4.78 is 12.7. The molecule has 124 valence electrons. The fraction of sp³-hybridized carbons (Fsp3) is 0.211. The molecular formula is C19H20N2O3. The molecule has 1 N–H and O–H groups in total. The van der Waals surface area contributed by atoms with E-state index in [9.17, 15) is 4.79 Å². The van der Waals surface area contributed by atoms with Crippen molar-refractivity contribution < 1.29 is 14.3 Å². The van der Waals surface area contributed by atoms with Gasteiger partial charge in [0.25, 0.3) is 5.91 Å². The van der Waals surface area contributed by atoms with Gasteiger partial charge in [-0.3, -0.25) is 4.79 Å². The summed E-state index contributed by atoms with van der Waals surface area (Å²) in [5.41, 5.74) is 1.72. The Balaban J connectivity index is 1.55. The van der Waals surface area contributed by atoms with Crippen LogP contribution in [0.15, 0.2) is 54.7 Å². The molecular weight excluding hydrogens is 304 g/mol. The first-order valence-electron chi connectivity index (χ1n) is 7.78. The van der Waals surface area contributed by atoms with Crippen molar-refractivity contribution in [3.8, 4) is 11.5 Å². The molecule has 1 amide bonds. The fourth-order valence-electron chi connectivity index (χ4n) is 2.62. The first kappa shape index (κ1) is 15.9. The van der Waals surface area contributed by atoms with Crippen LogP contribution in [-0.2, 0) is 7.05 Å². The largest absolute Gasteiger partial charge is 0.497 e. The normalized spacial score (nSPS) is 10.6. The van der Waals surface area contributed by atoms with Crippen LogP contribution >= 0.6 is 0 Å². The number of hydrogen-bond acceptors (Lipinski definition) is 3. The number of ether oxygens (including phenoxy) is 2. The van der Waals surface area contributed by atoms with Crippen molar-refractivity contribution in [2.75, 3.05) is 20.3 Å². The Bertz CT molecular complexity index is 837. The van der Waals surface area contributed by atoms with Crippen molar-refractivity contribution in [1.82, 2.24) is 9.88 Å². The molecule has 0 unspecified atom stereocenters. The van der Waals surface area contributed by atoms with Crippen molar-refractivity contribution in [3.05, 3.63) is 60.3 Å². The standard InChI is InChI=1S/C19H20N2O3/c1-21-13-17(16-5-3-4-6-18(16)21)19(22)20-11-12-24-15-9-7-14(23-2)8-10-15/h3-10,13H,11-12H2,1-2H3,(H,20,22). The topological polar surface area (TPSA) is 52.5 Å². The second kappa shape index (κ2) is 7.08. The highest BCUT2D eigenvalue weighted by Crippen LogP contribution is 2.20. The number of para-hydroxylation sites is 1. The number of fused-ring (bicyclic) bond motifs is 1. The van der Waals surface area contributed by atoms with E-state index in [-0.39, 0.29) is 5.91 Å². The van der Waals surface area contributed by atoms with Gasteiger partial charge < -0.3 is 19.4 Å². The highest BCUT2D eigenvalue weighted by molar-refractivity contribution is 6.06. The molecule has 0 aliphatic heterocycles. The number of rotatable bonds is 6. The van der Waals surface area contributed by atoms with Gasteiger partial charge in [0, 0.05) is 24.1 Å². The SMILES string of the molecule is COc1ccc(OCCNC(=O)c2cn(C)c3ccccc23)cc1.